The SMILES string of the molecule is CC(=CC#N)c1ccc(OC(F)F)cc1. The third kappa shape index (κ3) is 3.39. The van der Waals surface area contributed by atoms with Crippen molar-refractivity contribution in [2.45, 2.75) is 13.5 Å². The van der Waals surface area contributed by atoms with Crippen LogP contribution in [0.15, 0.2) is 30.3 Å². The molecule has 0 unspecified atom stereocenters. The van der Waals surface area contributed by atoms with Crippen molar-refractivity contribution >= 4 is 5.57 Å². The van der Waals surface area contributed by atoms with Gasteiger partial charge in [0.05, 0.1) is 6.07 Å². The van der Waals surface area contributed by atoms with Crippen LogP contribution in [0.2, 0.25) is 0 Å². The molecular formula is C11H9F2NO. The van der Waals surface area contributed by atoms with Gasteiger partial charge in [-0.25, -0.2) is 0 Å². The molecule has 78 valence electrons. The topological polar surface area (TPSA) is 33.0 Å². The van der Waals surface area contributed by atoms with E-state index in [1.54, 1.807) is 19.1 Å². The average Bonchev–Trinajstić information content (AvgIpc) is 2.18. The van der Waals surface area contributed by atoms with Gasteiger partial charge in [0.2, 0.25) is 0 Å². The summed E-state index contributed by atoms with van der Waals surface area (Å²) in [5.74, 6) is 0.110. The Balaban J connectivity index is 2.82. The first-order chi connectivity index (χ1) is 7.13. The second-order valence-corrected chi connectivity index (χ2v) is 2.86. The number of rotatable bonds is 3. The maximum absolute atomic E-state index is 11.8. The van der Waals surface area contributed by atoms with Gasteiger partial charge in [-0.15, -0.1) is 0 Å². The molecule has 1 rings (SSSR count). The molecule has 0 fully saturated rings. The highest BCUT2D eigenvalue weighted by Gasteiger charge is 2.03. The van der Waals surface area contributed by atoms with E-state index in [9.17, 15) is 8.78 Å². The fourth-order valence-corrected chi connectivity index (χ4v) is 1.08. The maximum atomic E-state index is 11.8. The summed E-state index contributed by atoms with van der Waals surface area (Å²) in [5, 5.41) is 8.42. The largest absolute Gasteiger partial charge is 0.435 e. The molecule has 0 saturated heterocycles. The summed E-state index contributed by atoms with van der Waals surface area (Å²) in [6, 6.07) is 8.03. The third-order valence-corrected chi connectivity index (χ3v) is 1.82. The van der Waals surface area contributed by atoms with Gasteiger partial charge < -0.3 is 4.74 Å². The summed E-state index contributed by atoms with van der Waals surface area (Å²) >= 11 is 0. The molecule has 2 nitrogen and oxygen atoms in total. The van der Waals surface area contributed by atoms with Crippen LogP contribution in [0.3, 0.4) is 0 Å². The van der Waals surface area contributed by atoms with Crippen LogP contribution in [-0.2, 0) is 0 Å². The number of ether oxygens (including phenoxy) is 1. The lowest BCUT2D eigenvalue weighted by Crippen LogP contribution is -2.01. The van der Waals surface area contributed by atoms with Crippen LogP contribution in [0.1, 0.15) is 12.5 Å². The van der Waals surface area contributed by atoms with Crippen LogP contribution >= 0.6 is 0 Å². The fourth-order valence-electron chi connectivity index (χ4n) is 1.08. The van der Waals surface area contributed by atoms with Crippen molar-refractivity contribution in [2.75, 3.05) is 0 Å². The van der Waals surface area contributed by atoms with Crippen LogP contribution in [0, 0.1) is 11.3 Å². The van der Waals surface area contributed by atoms with Crippen molar-refractivity contribution in [3.63, 3.8) is 0 Å². The van der Waals surface area contributed by atoms with Crippen LogP contribution in [0.4, 0.5) is 8.78 Å². The predicted octanol–water partition coefficient (Wildman–Crippen LogP) is 3.21. The van der Waals surface area contributed by atoms with Crippen LogP contribution in [-0.4, -0.2) is 6.61 Å². The maximum Gasteiger partial charge on any atom is 0.387 e. The monoisotopic (exact) mass is 209 g/mol. The lowest BCUT2D eigenvalue weighted by Gasteiger charge is -2.05. The Labute approximate surface area is 86.4 Å². The molecule has 0 spiro atoms. The van der Waals surface area contributed by atoms with Gasteiger partial charge in [0.25, 0.3) is 0 Å². The molecular weight excluding hydrogens is 200 g/mol. The highest BCUT2D eigenvalue weighted by atomic mass is 19.3. The average molecular weight is 209 g/mol. The Morgan fingerprint density at radius 2 is 2.00 bits per heavy atom. The van der Waals surface area contributed by atoms with Crippen LogP contribution < -0.4 is 4.74 Å². The minimum Gasteiger partial charge on any atom is -0.435 e. The third-order valence-electron chi connectivity index (χ3n) is 1.82. The lowest BCUT2D eigenvalue weighted by molar-refractivity contribution is -0.0498. The molecule has 0 N–H and O–H groups in total. The zero-order valence-corrected chi connectivity index (χ0v) is 8.08. The normalized spacial score (nSPS) is 11.3. The highest BCUT2D eigenvalue weighted by Crippen LogP contribution is 2.19. The molecule has 0 amide bonds. The van der Waals surface area contributed by atoms with Gasteiger partial charge in [-0.1, -0.05) is 12.1 Å². The van der Waals surface area contributed by atoms with E-state index in [1.807, 2.05) is 6.07 Å². The van der Waals surface area contributed by atoms with Gasteiger partial charge in [-0.3, -0.25) is 0 Å². The van der Waals surface area contributed by atoms with E-state index in [-0.39, 0.29) is 5.75 Å². The Hall–Kier alpha value is -1.89. The Morgan fingerprint density at radius 3 is 2.47 bits per heavy atom. The van der Waals surface area contributed by atoms with E-state index >= 15 is 0 Å². The first-order valence-corrected chi connectivity index (χ1v) is 4.25. The standard InChI is InChI=1S/C11H9F2NO/c1-8(6-7-14)9-2-4-10(5-3-9)15-11(12)13/h2-6,11H,1H3. The summed E-state index contributed by atoms with van der Waals surface area (Å²) in [6.07, 6.45) is 1.39. The number of benzene rings is 1. The highest BCUT2D eigenvalue weighted by molar-refractivity contribution is 5.66. The molecule has 0 aromatic heterocycles. The number of hydrogen-bond donors (Lipinski definition) is 0. The van der Waals surface area contributed by atoms with E-state index in [2.05, 4.69) is 4.74 Å². The minimum absolute atomic E-state index is 0.110. The molecule has 0 radical (unpaired) electrons. The molecule has 0 saturated carbocycles. The first-order valence-electron chi connectivity index (χ1n) is 4.25. The predicted molar refractivity (Wildman–Crippen MR) is 52.3 cm³/mol. The molecule has 0 heterocycles. The van der Waals surface area contributed by atoms with E-state index in [4.69, 9.17) is 5.26 Å². The molecule has 0 aliphatic heterocycles. The molecule has 0 atom stereocenters. The van der Waals surface area contributed by atoms with Gasteiger partial charge in [0, 0.05) is 6.08 Å². The number of hydrogen-bond acceptors (Lipinski definition) is 2. The van der Waals surface area contributed by atoms with Gasteiger partial charge in [0.1, 0.15) is 5.75 Å². The molecule has 4 heteroatoms. The Kier molecular flexibility index (Phi) is 3.81. The summed E-state index contributed by atoms with van der Waals surface area (Å²) in [4.78, 5) is 0. The van der Waals surface area contributed by atoms with Crippen molar-refractivity contribution in [3.05, 3.63) is 35.9 Å². The summed E-state index contributed by atoms with van der Waals surface area (Å²) in [5.41, 5.74) is 1.58. The van der Waals surface area contributed by atoms with Crippen molar-refractivity contribution in [3.8, 4) is 11.8 Å². The smallest absolute Gasteiger partial charge is 0.387 e. The molecule has 15 heavy (non-hydrogen) atoms. The van der Waals surface area contributed by atoms with Gasteiger partial charge in [-0.05, 0) is 30.2 Å². The van der Waals surface area contributed by atoms with Crippen molar-refractivity contribution in [1.29, 1.82) is 5.26 Å². The number of alkyl halides is 2. The molecule has 0 aliphatic carbocycles. The summed E-state index contributed by atoms with van der Waals surface area (Å²) in [7, 11) is 0. The number of nitriles is 1. The van der Waals surface area contributed by atoms with Gasteiger partial charge >= 0.3 is 6.61 Å². The lowest BCUT2D eigenvalue weighted by atomic mass is 10.1. The molecule has 0 bridgehead atoms. The van der Waals surface area contributed by atoms with E-state index in [0.717, 1.165) is 11.1 Å². The van der Waals surface area contributed by atoms with Crippen molar-refractivity contribution in [2.24, 2.45) is 0 Å². The number of nitrogens with zero attached hydrogens (tertiary/aromatic N) is 1. The number of halogens is 2. The van der Waals surface area contributed by atoms with Gasteiger partial charge in [0.15, 0.2) is 0 Å². The van der Waals surface area contributed by atoms with E-state index < -0.39 is 6.61 Å². The quantitative estimate of drug-likeness (QED) is 0.716. The first kappa shape index (κ1) is 11.2. The van der Waals surface area contributed by atoms with E-state index in [0.29, 0.717) is 0 Å². The zero-order valence-electron chi connectivity index (χ0n) is 8.08. The number of allylic oxidation sites excluding steroid dienone is 2. The van der Waals surface area contributed by atoms with E-state index in [1.165, 1.54) is 18.2 Å². The Bertz CT molecular complexity index is 390. The van der Waals surface area contributed by atoms with Gasteiger partial charge in [-0.2, -0.15) is 14.0 Å². The summed E-state index contributed by atoms with van der Waals surface area (Å²) in [6.45, 7) is -1.04. The second-order valence-electron chi connectivity index (χ2n) is 2.86. The fraction of sp³-hybridized carbons (Fsp3) is 0.182. The molecule has 1 aromatic carbocycles. The molecule has 0 aliphatic rings. The Morgan fingerprint density at radius 1 is 1.40 bits per heavy atom. The zero-order chi connectivity index (χ0) is 11.3. The summed E-state index contributed by atoms with van der Waals surface area (Å²) < 4.78 is 27.8. The van der Waals surface area contributed by atoms with Crippen LogP contribution in [0.5, 0.6) is 5.75 Å². The molecule has 1 aromatic rings. The van der Waals surface area contributed by atoms with Crippen LogP contribution in [0.25, 0.3) is 5.57 Å². The van der Waals surface area contributed by atoms with Crippen molar-refractivity contribution in [1.82, 2.24) is 0 Å². The second kappa shape index (κ2) is 5.11. The van der Waals surface area contributed by atoms with Crippen molar-refractivity contribution < 1.29 is 13.5 Å². The minimum atomic E-state index is -2.81.